The van der Waals surface area contributed by atoms with Crippen molar-refractivity contribution in [1.82, 2.24) is 8.97 Å². The first-order chi connectivity index (χ1) is 17.5. The summed E-state index contributed by atoms with van der Waals surface area (Å²) in [5.41, 5.74) is 11.9. The second-order valence-corrected chi connectivity index (χ2v) is 10.6. The molecule has 0 saturated carbocycles. The van der Waals surface area contributed by atoms with Crippen LogP contribution in [0.25, 0.3) is 28.0 Å². The van der Waals surface area contributed by atoms with Crippen LogP contribution >= 0.6 is 23.8 Å². The zero-order valence-electron chi connectivity index (χ0n) is 20.5. The normalized spacial score (nSPS) is 13.1. The molecule has 3 heterocycles. The summed E-state index contributed by atoms with van der Waals surface area (Å²) in [6, 6.07) is 25.3. The maximum absolute atomic E-state index is 6.21. The standard InChI is InChI=1S/C31H28ClN3S/c1-20-16-21(2)18-25(17-20)33-30(36)29-28(23-8-4-3-5-9-23)26-10-6-7-15-34-27(19-35(29)31(26)34)22-11-13-24(32)14-12-22/h3-5,8-9,11-14,16-19H,6-7,10,15H2,1-2H3,(H,33,36). The molecule has 6 rings (SSSR count). The van der Waals surface area contributed by atoms with Crippen molar-refractivity contribution in [2.75, 3.05) is 5.32 Å². The molecule has 0 unspecified atom stereocenters. The van der Waals surface area contributed by atoms with E-state index < -0.39 is 0 Å². The molecule has 0 saturated heterocycles. The van der Waals surface area contributed by atoms with Crippen LogP contribution in [-0.2, 0) is 13.0 Å². The first-order valence-corrected chi connectivity index (χ1v) is 13.3. The average molecular weight is 510 g/mol. The van der Waals surface area contributed by atoms with Crippen LogP contribution in [0, 0.1) is 13.8 Å². The number of anilines is 1. The van der Waals surface area contributed by atoms with E-state index in [9.17, 15) is 0 Å². The van der Waals surface area contributed by atoms with Crippen molar-refractivity contribution in [1.29, 1.82) is 0 Å². The fourth-order valence-corrected chi connectivity index (χ4v) is 6.06. The van der Waals surface area contributed by atoms with Gasteiger partial charge in [-0.1, -0.05) is 72.3 Å². The Bertz CT molecular complexity index is 1570. The van der Waals surface area contributed by atoms with Crippen molar-refractivity contribution in [2.45, 2.75) is 39.7 Å². The Morgan fingerprint density at radius 2 is 1.61 bits per heavy atom. The maximum atomic E-state index is 6.21. The van der Waals surface area contributed by atoms with Crippen LogP contribution in [0.4, 0.5) is 5.69 Å². The minimum Gasteiger partial charge on any atom is -0.345 e. The molecule has 0 aliphatic carbocycles. The van der Waals surface area contributed by atoms with Crippen LogP contribution in [0.1, 0.15) is 35.2 Å². The molecule has 0 spiro atoms. The lowest BCUT2D eigenvalue weighted by Gasteiger charge is -2.13. The number of nitrogens with zero attached hydrogens (tertiary/aromatic N) is 2. The second-order valence-electron chi connectivity index (χ2n) is 9.72. The number of halogens is 1. The third-order valence-corrected chi connectivity index (χ3v) is 7.58. The molecule has 1 aliphatic heterocycles. The van der Waals surface area contributed by atoms with Crippen LogP contribution in [0.3, 0.4) is 0 Å². The van der Waals surface area contributed by atoms with Crippen molar-refractivity contribution in [2.24, 2.45) is 0 Å². The van der Waals surface area contributed by atoms with E-state index in [1.807, 2.05) is 12.1 Å². The largest absolute Gasteiger partial charge is 0.345 e. The van der Waals surface area contributed by atoms with E-state index in [1.54, 1.807) is 0 Å². The molecule has 36 heavy (non-hydrogen) atoms. The minimum atomic E-state index is 0.737. The molecule has 5 heteroatoms. The first-order valence-electron chi connectivity index (χ1n) is 12.5. The number of benzene rings is 3. The van der Waals surface area contributed by atoms with Gasteiger partial charge < -0.3 is 9.88 Å². The fraction of sp³-hybridized carbons (Fsp3) is 0.194. The Hall–Kier alpha value is -3.34. The van der Waals surface area contributed by atoms with Crippen molar-refractivity contribution in [3.8, 4) is 22.4 Å². The highest BCUT2D eigenvalue weighted by Gasteiger charge is 2.28. The van der Waals surface area contributed by atoms with Crippen LogP contribution in [-0.4, -0.2) is 14.0 Å². The van der Waals surface area contributed by atoms with Gasteiger partial charge in [0.25, 0.3) is 0 Å². The van der Waals surface area contributed by atoms with Gasteiger partial charge in [0, 0.05) is 34.6 Å². The highest BCUT2D eigenvalue weighted by molar-refractivity contribution is 7.81. The molecule has 5 aromatic rings. The summed E-state index contributed by atoms with van der Waals surface area (Å²) in [4.78, 5) is 0.737. The SMILES string of the molecule is Cc1cc(C)cc(NC(=S)c2c(-c3ccccc3)c3c4n(c(-c5ccc(Cl)cc5)cn24)CCCC3)c1. The van der Waals surface area contributed by atoms with E-state index in [1.165, 1.54) is 39.2 Å². The summed E-state index contributed by atoms with van der Waals surface area (Å²) < 4.78 is 4.80. The number of hydrogen-bond acceptors (Lipinski definition) is 1. The molecule has 1 aliphatic rings. The Morgan fingerprint density at radius 1 is 0.889 bits per heavy atom. The van der Waals surface area contributed by atoms with Crippen molar-refractivity contribution in [3.63, 3.8) is 0 Å². The third-order valence-electron chi connectivity index (χ3n) is 7.03. The van der Waals surface area contributed by atoms with Gasteiger partial charge in [0.1, 0.15) is 10.6 Å². The summed E-state index contributed by atoms with van der Waals surface area (Å²) in [5.74, 6) is 0. The van der Waals surface area contributed by atoms with Crippen LogP contribution in [0.2, 0.25) is 5.02 Å². The predicted octanol–water partition coefficient (Wildman–Crippen LogP) is 8.47. The van der Waals surface area contributed by atoms with Gasteiger partial charge in [-0.2, -0.15) is 0 Å². The van der Waals surface area contributed by atoms with E-state index >= 15 is 0 Å². The lowest BCUT2D eigenvalue weighted by molar-refractivity contribution is 0.647. The molecule has 3 nitrogen and oxygen atoms in total. The molecule has 1 N–H and O–H groups in total. The molecule has 0 atom stereocenters. The monoisotopic (exact) mass is 509 g/mol. The number of nitrogens with one attached hydrogen (secondary N) is 1. The quantitative estimate of drug-likeness (QED) is 0.245. The fourth-order valence-electron chi connectivity index (χ4n) is 5.61. The van der Waals surface area contributed by atoms with Crippen LogP contribution in [0.15, 0.2) is 79.0 Å². The Balaban J connectivity index is 1.60. The molecule has 0 radical (unpaired) electrons. The lowest BCUT2D eigenvalue weighted by atomic mass is 9.98. The van der Waals surface area contributed by atoms with Gasteiger partial charge in [0.2, 0.25) is 0 Å². The molecule has 0 fully saturated rings. The average Bonchev–Trinajstić information content (AvgIpc) is 3.27. The Kier molecular flexibility index (Phi) is 5.94. The molecular weight excluding hydrogens is 482 g/mol. The molecule has 3 aromatic carbocycles. The van der Waals surface area contributed by atoms with Gasteiger partial charge in [0.05, 0.1) is 11.4 Å². The molecule has 180 valence electrons. The van der Waals surface area contributed by atoms with Crippen LogP contribution < -0.4 is 5.32 Å². The number of hydrogen-bond donors (Lipinski definition) is 1. The number of thiocarbonyl (C=S) groups is 1. The summed E-state index contributed by atoms with van der Waals surface area (Å²) in [6.45, 7) is 5.22. The number of aryl methyl sites for hydroxylation is 4. The molecule has 2 aromatic heterocycles. The van der Waals surface area contributed by atoms with E-state index in [0.29, 0.717) is 0 Å². The maximum Gasteiger partial charge on any atom is 0.128 e. The number of aromatic nitrogens is 2. The highest BCUT2D eigenvalue weighted by Crippen LogP contribution is 2.40. The summed E-state index contributed by atoms with van der Waals surface area (Å²) >= 11 is 12.4. The zero-order valence-corrected chi connectivity index (χ0v) is 22.1. The molecule has 0 bridgehead atoms. The third kappa shape index (κ3) is 4.04. The van der Waals surface area contributed by atoms with E-state index in [0.717, 1.165) is 52.8 Å². The van der Waals surface area contributed by atoms with E-state index in [2.05, 4.69) is 95.0 Å². The Morgan fingerprint density at radius 3 is 2.33 bits per heavy atom. The zero-order chi connectivity index (χ0) is 24.8. The van der Waals surface area contributed by atoms with Gasteiger partial charge in [-0.15, -0.1) is 0 Å². The molecule has 0 amide bonds. The topological polar surface area (TPSA) is 21.4 Å². The molecular formula is C31H28ClN3S. The van der Waals surface area contributed by atoms with Crippen LogP contribution in [0.5, 0.6) is 0 Å². The summed E-state index contributed by atoms with van der Waals surface area (Å²) in [7, 11) is 0. The number of rotatable bonds is 4. The minimum absolute atomic E-state index is 0.737. The van der Waals surface area contributed by atoms with Gasteiger partial charge >= 0.3 is 0 Å². The van der Waals surface area contributed by atoms with Crippen molar-refractivity contribution in [3.05, 3.63) is 106 Å². The van der Waals surface area contributed by atoms with Gasteiger partial charge in [-0.25, -0.2) is 0 Å². The van der Waals surface area contributed by atoms with Gasteiger partial charge in [0.15, 0.2) is 0 Å². The predicted molar refractivity (Wildman–Crippen MR) is 155 cm³/mol. The Labute approximate surface area is 222 Å². The van der Waals surface area contributed by atoms with Gasteiger partial charge in [-0.05, 0) is 79.6 Å². The van der Waals surface area contributed by atoms with E-state index in [-0.39, 0.29) is 0 Å². The summed E-state index contributed by atoms with van der Waals surface area (Å²) in [5, 5.41) is 4.32. The lowest BCUT2D eigenvalue weighted by Crippen LogP contribution is -2.14. The van der Waals surface area contributed by atoms with Crippen molar-refractivity contribution >= 4 is 40.1 Å². The highest BCUT2D eigenvalue weighted by atomic mass is 35.5. The van der Waals surface area contributed by atoms with Gasteiger partial charge in [-0.3, -0.25) is 4.40 Å². The van der Waals surface area contributed by atoms with Crippen molar-refractivity contribution < 1.29 is 0 Å². The smallest absolute Gasteiger partial charge is 0.128 e. The summed E-state index contributed by atoms with van der Waals surface area (Å²) in [6.07, 6.45) is 5.58. The second kappa shape index (κ2) is 9.27. The number of imidazole rings is 1. The van der Waals surface area contributed by atoms with E-state index in [4.69, 9.17) is 23.8 Å². The first kappa shape index (κ1) is 23.1.